The fraction of sp³-hybridized carbons (Fsp3) is 0.267. The molecule has 0 saturated heterocycles. The number of aromatic hydroxyl groups is 1. The number of imidazole rings is 1. The molecule has 4 aromatic rings. The fourth-order valence-electron chi connectivity index (χ4n) is 4.70. The van der Waals surface area contributed by atoms with Gasteiger partial charge in [0.05, 0.1) is 26.5 Å². The normalized spacial score (nSPS) is 11.5. The maximum absolute atomic E-state index is 11.4. The van der Waals surface area contributed by atoms with Crippen LogP contribution < -0.4 is 9.80 Å². The summed E-state index contributed by atoms with van der Waals surface area (Å²) in [4.78, 5) is 42.1. The summed E-state index contributed by atoms with van der Waals surface area (Å²) in [5.74, 6) is 0.721. The van der Waals surface area contributed by atoms with Crippen LogP contribution in [0.15, 0.2) is 69.6 Å². The highest BCUT2D eigenvalue weighted by atomic mass is 79.9. The van der Waals surface area contributed by atoms with Gasteiger partial charge in [0.1, 0.15) is 17.9 Å². The van der Waals surface area contributed by atoms with Gasteiger partial charge in [0.2, 0.25) is 0 Å². The number of phenolic OH excluding ortho intramolecular Hbond substituents is 1. The zero-order valence-electron chi connectivity index (χ0n) is 23.3. The third kappa shape index (κ3) is 7.71. The molecule has 0 aliphatic heterocycles. The van der Waals surface area contributed by atoms with Gasteiger partial charge in [0.25, 0.3) is 0 Å². The van der Waals surface area contributed by atoms with E-state index in [2.05, 4.69) is 48.7 Å². The molecule has 0 amide bonds. The molecule has 4 rings (SSSR count). The molecule has 0 radical (unpaired) electrons. The molecule has 0 aliphatic carbocycles. The molecule has 0 bridgehead atoms. The molecule has 1 heterocycles. The summed E-state index contributed by atoms with van der Waals surface area (Å²) in [5, 5.41) is 10.2. The van der Waals surface area contributed by atoms with Gasteiger partial charge >= 0.3 is 7.60 Å². The minimum absolute atomic E-state index is 0.103. The number of nitrogens with one attached hydrogen (secondary N) is 1. The predicted octanol–water partition coefficient (Wildman–Crippen LogP) is 7.06. The number of halogens is 2. The van der Waals surface area contributed by atoms with Crippen molar-refractivity contribution in [1.29, 1.82) is 0 Å². The lowest BCUT2D eigenvalue weighted by Gasteiger charge is -2.23. The first kappa shape index (κ1) is 32.0. The van der Waals surface area contributed by atoms with E-state index in [9.17, 15) is 24.3 Å². The van der Waals surface area contributed by atoms with Crippen LogP contribution in [0.5, 0.6) is 5.75 Å². The largest absolute Gasteiger partial charge is 0.506 e. The summed E-state index contributed by atoms with van der Waals surface area (Å²) >= 11 is 6.81. The number of rotatable bonds is 13. The number of H-pyrrole nitrogens is 1. The van der Waals surface area contributed by atoms with E-state index in [4.69, 9.17) is 4.98 Å². The van der Waals surface area contributed by atoms with Crippen LogP contribution >= 0.6 is 39.5 Å². The second-order valence-electron chi connectivity index (χ2n) is 9.69. The Balaban J connectivity index is 1.75. The molecular formula is C30H33Br2N4O5P. The number of nitrogens with zero attached hydrogens (tertiary/aromatic N) is 3. The van der Waals surface area contributed by atoms with E-state index >= 15 is 0 Å². The van der Waals surface area contributed by atoms with Crippen molar-refractivity contribution in [2.75, 3.05) is 42.1 Å². The number of anilines is 2. The number of carbonyl (C=O) groups is 1. The van der Waals surface area contributed by atoms with Crippen LogP contribution in [0.25, 0.3) is 33.9 Å². The van der Waals surface area contributed by atoms with E-state index in [1.54, 1.807) is 12.1 Å². The Kier molecular flexibility index (Phi) is 10.7. The Morgan fingerprint density at radius 1 is 0.857 bits per heavy atom. The summed E-state index contributed by atoms with van der Waals surface area (Å²) in [7, 11) is -4.10. The molecule has 42 heavy (non-hydrogen) atoms. The van der Waals surface area contributed by atoms with Crippen LogP contribution in [0.2, 0.25) is 0 Å². The molecule has 3 aromatic carbocycles. The quantitative estimate of drug-likeness (QED) is 0.0854. The number of hydrogen-bond donors (Lipinski definition) is 4. The van der Waals surface area contributed by atoms with E-state index in [0.717, 1.165) is 52.3 Å². The molecule has 0 saturated carbocycles. The lowest BCUT2D eigenvalue weighted by atomic mass is 10.0. The first-order chi connectivity index (χ1) is 20.0. The van der Waals surface area contributed by atoms with E-state index < -0.39 is 7.60 Å². The summed E-state index contributed by atoms with van der Waals surface area (Å²) in [6.45, 7) is 6.29. The van der Waals surface area contributed by atoms with Gasteiger partial charge in [-0.3, -0.25) is 4.57 Å². The average Bonchev–Trinajstić information content (AvgIpc) is 3.42. The van der Waals surface area contributed by atoms with E-state index in [1.165, 1.54) is 0 Å². The maximum Gasteiger partial charge on any atom is 0.327 e. The van der Waals surface area contributed by atoms with Gasteiger partial charge in [-0.05, 0) is 82.1 Å². The van der Waals surface area contributed by atoms with Crippen molar-refractivity contribution < 1.29 is 24.3 Å². The van der Waals surface area contributed by atoms with Crippen LogP contribution in [-0.2, 0) is 9.36 Å². The Labute approximate surface area is 262 Å². The number of phenols is 1. The van der Waals surface area contributed by atoms with Crippen LogP contribution in [0.1, 0.15) is 20.3 Å². The molecule has 9 nitrogen and oxygen atoms in total. The lowest BCUT2D eigenvalue weighted by molar-refractivity contribution is -0.107. The zero-order chi connectivity index (χ0) is 30.4. The van der Waals surface area contributed by atoms with Crippen LogP contribution in [0.3, 0.4) is 0 Å². The number of aldehydes is 1. The molecule has 0 unspecified atom stereocenters. The lowest BCUT2D eigenvalue weighted by Crippen LogP contribution is -2.26. The Hall–Kier alpha value is -2.95. The Morgan fingerprint density at radius 3 is 1.88 bits per heavy atom. The molecule has 222 valence electrons. The van der Waals surface area contributed by atoms with E-state index in [0.29, 0.717) is 34.3 Å². The molecule has 1 aromatic heterocycles. The Morgan fingerprint density at radius 2 is 1.38 bits per heavy atom. The number of aromatic amines is 1. The van der Waals surface area contributed by atoms with Crippen molar-refractivity contribution in [1.82, 2.24) is 9.97 Å². The molecule has 0 fully saturated rings. The minimum atomic E-state index is -4.10. The summed E-state index contributed by atoms with van der Waals surface area (Å²) in [6, 6.07) is 19.5. The molecule has 0 atom stereocenters. The monoisotopic (exact) mass is 718 g/mol. The second kappa shape index (κ2) is 14.0. The van der Waals surface area contributed by atoms with Gasteiger partial charge in [-0.25, -0.2) is 4.98 Å². The van der Waals surface area contributed by atoms with Crippen LogP contribution in [-0.4, -0.2) is 63.5 Å². The smallest absolute Gasteiger partial charge is 0.327 e. The van der Waals surface area contributed by atoms with Crippen molar-refractivity contribution >= 4 is 57.1 Å². The van der Waals surface area contributed by atoms with Crippen LogP contribution in [0.4, 0.5) is 11.4 Å². The SMILES string of the molecule is CCN(CCC=O)c1ccc(-c2[nH]c(-c3cc(Br)c(O)c(Br)c3)nc2-c2ccc(N(CC)CCP(=O)(O)O)cc2)cc1. The highest BCUT2D eigenvalue weighted by Crippen LogP contribution is 2.39. The molecule has 0 aliphatic rings. The maximum atomic E-state index is 11.4. The van der Waals surface area contributed by atoms with Crippen molar-refractivity contribution in [2.45, 2.75) is 20.3 Å². The van der Waals surface area contributed by atoms with Crippen molar-refractivity contribution in [2.24, 2.45) is 0 Å². The van der Waals surface area contributed by atoms with Gasteiger partial charge in [-0.2, -0.15) is 0 Å². The molecule has 12 heteroatoms. The topological polar surface area (TPSA) is 130 Å². The number of benzene rings is 3. The van der Waals surface area contributed by atoms with Crippen molar-refractivity contribution in [3.05, 3.63) is 69.6 Å². The second-order valence-corrected chi connectivity index (χ2v) is 13.2. The summed E-state index contributed by atoms with van der Waals surface area (Å²) in [6.07, 6.45) is 1.18. The van der Waals surface area contributed by atoms with Gasteiger partial charge in [-0.1, -0.05) is 24.3 Å². The first-order valence-electron chi connectivity index (χ1n) is 13.5. The van der Waals surface area contributed by atoms with Gasteiger partial charge in [-0.15, -0.1) is 0 Å². The average molecular weight is 720 g/mol. The molecular weight excluding hydrogens is 687 g/mol. The third-order valence-corrected chi connectivity index (χ3v) is 8.95. The highest BCUT2D eigenvalue weighted by molar-refractivity contribution is 9.11. The number of hydrogen-bond acceptors (Lipinski definition) is 6. The zero-order valence-corrected chi connectivity index (χ0v) is 27.4. The van der Waals surface area contributed by atoms with Gasteiger partial charge < -0.3 is 34.5 Å². The predicted molar refractivity (Wildman–Crippen MR) is 175 cm³/mol. The molecule has 0 spiro atoms. The van der Waals surface area contributed by atoms with E-state index in [-0.39, 0.29) is 18.5 Å². The number of aromatic nitrogens is 2. The first-order valence-corrected chi connectivity index (χ1v) is 16.9. The van der Waals surface area contributed by atoms with Gasteiger partial charge in [0.15, 0.2) is 0 Å². The van der Waals surface area contributed by atoms with E-state index in [1.807, 2.05) is 60.4 Å². The highest BCUT2D eigenvalue weighted by Gasteiger charge is 2.19. The fourth-order valence-corrected chi connectivity index (χ4v) is 6.39. The summed E-state index contributed by atoms with van der Waals surface area (Å²) < 4.78 is 12.5. The Bertz CT molecular complexity index is 1550. The van der Waals surface area contributed by atoms with Crippen LogP contribution in [0, 0.1) is 0 Å². The van der Waals surface area contributed by atoms with Crippen molar-refractivity contribution in [3.63, 3.8) is 0 Å². The van der Waals surface area contributed by atoms with Gasteiger partial charge in [0, 0.05) is 60.7 Å². The number of carbonyl (C=O) groups excluding carboxylic acids is 1. The summed E-state index contributed by atoms with van der Waals surface area (Å²) in [5.41, 5.74) is 5.99. The third-order valence-electron chi connectivity index (χ3n) is 6.96. The minimum Gasteiger partial charge on any atom is -0.506 e. The molecule has 4 N–H and O–H groups in total. The standard InChI is InChI=1S/C30H33Br2N4O5P/c1-3-35(14-5-16-37)23-10-6-20(7-11-23)27-28(34-30(33-27)22-18-25(31)29(38)26(32)19-22)21-8-12-24(13-9-21)36(4-2)15-17-42(39,40)41/h6-13,16,18-19,38H,3-5,14-15,17H2,1-2H3,(H,33,34)(H2,39,40,41). The van der Waals surface area contributed by atoms with Crippen molar-refractivity contribution in [3.8, 4) is 39.7 Å².